The number of anilines is 1. The molecule has 1 aliphatic rings. The average molecular weight is 425 g/mol. The zero-order valence-corrected chi connectivity index (χ0v) is 15.9. The maximum absolute atomic E-state index is 12.6. The summed E-state index contributed by atoms with van der Waals surface area (Å²) in [7, 11) is -2.22. The van der Waals surface area contributed by atoms with Crippen molar-refractivity contribution < 1.29 is 17.9 Å². The molecule has 2 aromatic carbocycles. The molecule has 1 heterocycles. The third kappa shape index (κ3) is 3.70. The Morgan fingerprint density at radius 1 is 1.16 bits per heavy atom. The number of amides is 1. The van der Waals surface area contributed by atoms with Gasteiger partial charge in [-0.3, -0.25) is 4.79 Å². The first-order chi connectivity index (χ1) is 11.9. The molecular weight excluding hydrogens is 408 g/mol. The van der Waals surface area contributed by atoms with Crippen LogP contribution in [-0.4, -0.2) is 34.0 Å². The minimum atomic E-state index is -3.79. The van der Waals surface area contributed by atoms with Gasteiger partial charge in [-0.15, -0.1) is 0 Å². The molecule has 0 aromatic heterocycles. The highest BCUT2D eigenvalue weighted by Crippen LogP contribution is 2.26. The van der Waals surface area contributed by atoms with Crippen LogP contribution >= 0.6 is 15.9 Å². The summed E-state index contributed by atoms with van der Waals surface area (Å²) in [5, 5.41) is 0. The average Bonchev–Trinajstić information content (AvgIpc) is 2.95. The van der Waals surface area contributed by atoms with Crippen LogP contribution in [0, 0.1) is 0 Å². The lowest BCUT2D eigenvalue weighted by molar-refractivity contribution is -0.118. The Morgan fingerprint density at radius 3 is 2.48 bits per heavy atom. The van der Waals surface area contributed by atoms with Gasteiger partial charge in [-0.05, 0) is 58.7 Å². The second-order valence-corrected chi connectivity index (χ2v) is 8.12. The van der Waals surface area contributed by atoms with Gasteiger partial charge in [0.15, 0.2) is 0 Å². The number of methoxy groups -OCH3 is 1. The van der Waals surface area contributed by atoms with Crippen molar-refractivity contribution in [2.75, 3.05) is 18.6 Å². The second-order valence-electron chi connectivity index (χ2n) is 5.58. The Kier molecular flexibility index (Phi) is 5.12. The van der Waals surface area contributed by atoms with Crippen LogP contribution in [-0.2, 0) is 14.8 Å². The van der Waals surface area contributed by atoms with Crippen LogP contribution < -0.4 is 14.4 Å². The summed E-state index contributed by atoms with van der Waals surface area (Å²) in [6, 6.07) is 12.8. The van der Waals surface area contributed by atoms with Crippen LogP contribution in [0.1, 0.15) is 6.42 Å². The van der Waals surface area contributed by atoms with E-state index in [1.807, 2.05) is 0 Å². The van der Waals surface area contributed by atoms with Crippen molar-refractivity contribution in [3.05, 3.63) is 53.0 Å². The molecule has 6 nitrogen and oxygen atoms in total. The SMILES string of the molecule is COc1ccc(N2CC[C@@H](NS(=O)(=O)c3ccccc3Br)C2=O)cc1. The zero-order valence-electron chi connectivity index (χ0n) is 13.5. The van der Waals surface area contributed by atoms with Crippen molar-refractivity contribution in [1.82, 2.24) is 4.72 Å². The topological polar surface area (TPSA) is 75.7 Å². The zero-order chi connectivity index (χ0) is 18.0. The minimum Gasteiger partial charge on any atom is -0.497 e. The highest BCUT2D eigenvalue weighted by molar-refractivity contribution is 9.10. The molecule has 0 spiro atoms. The fourth-order valence-electron chi connectivity index (χ4n) is 2.72. The van der Waals surface area contributed by atoms with E-state index < -0.39 is 16.1 Å². The van der Waals surface area contributed by atoms with Gasteiger partial charge in [-0.2, -0.15) is 4.72 Å². The van der Waals surface area contributed by atoms with Gasteiger partial charge in [0.05, 0.1) is 12.0 Å². The van der Waals surface area contributed by atoms with Crippen molar-refractivity contribution in [1.29, 1.82) is 0 Å². The quantitative estimate of drug-likeness (QED) is 0.799. The molecule has 1 amide bonds. The minimum absolute atomic E-state index is 0.116. The first-order valence-electron chi connectivity index (χ1n) is 7.64. The van der Waals surface area contributed by atoms with Gasteiger partial charge in [0, 0.05) is 16.7 Å². The Bertz CT molecular complexity index is 884. The molecule has 0 radical (unpaired) electrons. The van der Waals surface area contributed by atoms with Crippen molar-refractivity contribution in [2.45, 2.75) is 17.4 Å². The number of carbonyl (C=O) groups is 1. The molecule has 1 saturated heterocycles. The molecule has 1 fully saturated rings. The standard InChI is InChI=1S/C17H17BrN2O4S/c1-24-13-8-6-12(7-9-13)20-11-10-15(17(20)21)19-25(22,23)16-5-3-2-4-14(16)18/h2-9,15,19H,10-11H2,1H3/t15-/m1/s1. The normalized spacial score (nSPS) is 17.8. The van der Waals surface area contributed by atoms with Crippen LogP contribution in [0.25, 0.3) is 0 Å². The van der Waals surface area contributed by atoms with E-state index in [2.05, 4.69) is 20.7 Å². The fourth-order valence-corrected chi connectivity index (χ4v) is 4.95. The van der Waals surface area contributed by atoms with Gasteiger partial charge in [0.1, 0.15) is 11.8 Å². The van der Waals surface area contributed by atoms with Gasteiger partial charge in [-0.25, -0.2) is 8.42 Å². The molecule has 132 valence electrons. The summed E-state index contributed by atoms with van der Waals surface area (Å²) in [6.45, 7) is 0.453. The Balaban J connectivity index is 1.77. The smallest absolute Gasteiger partial charge is 0.245 e. The van der Waals surface area contributed by atoms with Gasteiger partial charge >= 0.3 is 0 Å². The number of ether oxygens (including phenoxy) is 1. The Labute approximate surface area is 155 Å². The van der Waals surface area contributed by atoms with E-state index in [-0.39, 0.29) is 10.8 Å². The van der Waals surface area contributed by atoms with E-state index in [9.17, 15) is 13.2 Å². The van der Waals surface area contributed by atoms with E-state index in [1.165, 1.54) is 6.07 Å². The summed E-state index contributed by atoms with van der Waals surface area (Å²) >= 11 is 3.23. The van der Waals surface area contributed by atoms with Gasteiger partial charge < -0.3 is 9.64 Å². The summed E-state index contributed by atoms with van der Waals surface area (Å²) in [6.07, 6.45) is 0.411. The van der Waals surface area contributed by atoms with Crippen LogP contribution in [0.2, 0.25) is 0 Å². The third-order valence-corrected chi connectivity index (χ3v) is 6.50. The highest BCUT2D eigenvalue weighted by Gasteiger charge is 2.36. The number of carbonyl (C=O) groups excluding carboxylic acids is 1. The van der Waals surface area contributed by atoms with E-state index in [4.69, 9.17) is 4.74 Å². The highest BCUT2D eigenvalue weighted by atomic mass is 79.9. The van der Waals surface area contributed by atoms with Crippen LogP contribution in [0.3, 0.4) is 0 Å². The molecule has 1 N–H and O–H groups in total. The van der Waals surface area contributed by atoms with Crippen LogP contribution in [0.4, 0.5) is 5.69 Å². The molecule has 2 aromatic rings. The monoisotopic (exact) mass is 424 g/mol. The van der Waals surface area contributed by atoms with Crippen LogP contribution in [0.15, 0.2) is 57.9 Å². The summed E-state index contributed by atoms with van der Waals surface area (Å²) < 4.78 is 33.2. The molecule has 1 aliphatic heterocycles. The van der Waals surface area contributed by atoms with Gasteiger partial charge in [0.2, 0.25) is 15.9 Å². The maximum Gasteiger partial charge on any atom is 0.245 e. The number of benzene rings is 2. The molecule has 0 bridgehead atoms. The number of halogens is 1. The Morgan fingerprint density at radius 2 is 1.84 bits per heavy atom. The number of hydrogen-bond donors (Lipinski definition) is 1. The van der Waals surface area contributed by atoms with Crippen molar-refractivity contribution >= 4 is 37.5 Å². The first-order valence-corrected chi connectivity index (χ1v) is 9.92. The van der Waals surface area contributed by atoms with Gasteiger partial charge in [-0.1, -0.05) is 12.1 Å². The molecule has 0 saturated carbocycles. The molecule has 3 rings (SSSR count). The van der Waals surface area contributed by atoms with Crippen LogP contribution in [0.5, 0.6) is 5.75 Å². The third-order valence-electron chi connectivity index (χ3n) is 4.01. The molecule has 25 heavy (non-hydrogen) atoms. The largest absolute Gasteiger partial charge is 0.497 e. The second kappa shape index (κ2) is 7.15. The van der Waals surface area contributed by atoms with Crippen molar-refractivity contribution in [3.8, 4) is 5.75 Å². The van der Waals surface area contributed by atoms with E-state index >= 15 is 0 Å². The lowest BCUT2D eigenvalue weighted by Crippen LogP contribution is -2.41. The molecule has 8 heteroatoms. The van der Waals surface area contributed by atoms with E-state index in [1.54, 1.807) is 54.5 Å². The Hall–Kier alpha value is -1.90. The first kappa shape index (κ1) is 17.9. The summed E-state index contributed by atoms with van der Waals surface area (Å²) in [5.41, 5.74) is 0.716. The lowest BCUT2D eigenvalue weighted by atomic mass is 10.2. The molecule has 0 aliphatic carbocycles. The van der Waals surface area contributed by atoms with E-state index in [0.29, 0.717) is 28.9 Å². The number of sulfonamides is 1. The maximum atomic E-state index is 12.6. The summed E-state index contributed by atoms with van der Waals surface area (Å²) in [5.74, 6) is 0.433. The summed E-state index contributed by atoms with van der Waals surface area (Å²) in [4.78, 5) is 14.3. The number of hydrogen-bond acceptors (Lipinski definition) is 4. The predicted molar refractivity (Wildman–Crippen MR) is 98.2 cm³/mol. The van der Waals surface area contributed by atoms with E-state index in [0.717, 1.165) is 0 Å². The fraction of sp³-hybridized carbons (Fsp3) is 0.235. The molecule has 0 unspecified atom stereocenters. The number of nitrogens with one attached hydrogen (secondary N) is 1. The number of nitrogens with zero attached hydrogens (tertiary/aromatic N) is 1. The molecule has 1 atom stereocenters. The number of rotatable bonds is 5. The lowest BCUT2D eigenvalue weighted by Gasteiger charge is -2.18. The van der Waals surface area contributed by atoms with Crippen molar-refractivity contribution in [3.63, 3.8) is 0 Å². The predicted octanol–water partition coefficient (Wildman–Crippen LogP) is 2.54. The van der Waals surface area contributed by atoms with Gasteiger partial charge in [0.25, 0.3) is 0 Å². The van der Waals surface area contributed by atoms with Crippen molar-refractivity contribution in [2.24, 2.45) is 0 Å². The molecular formula is C17H17BrN2O4S.